The SMILES string of the molecule is COc1ccc(OC)c(CNC(=O)[C@H](N)C(C)(C)C)c1. The number of methoxy groups -OCH3 is 2. The van der Waals surface area contributed by atoms with Crippen LogP contribution in [0.2, 0.25) is 0 Å². The summed E-state index contributed by atoms with van der Waals surface area (Å²) >= 11 is 0. The summed E-state index contributed by atoms with van der Waals surface area (Å²) in [5.74, 6) is 1.24. The summed E-state index contributed by atoms with van der Waals surface area (Å²) < 4.78 is 10.4. The molecule has 1 atom stereocenters. The Morgan fingerprint density at radius 2 is 1.95 bits per heavy atom. The molecule has 20 heavy (non-hydrogen) atoms. The Bertz CT molecular complexity index is 467. The quantitative estimate of drug-likeness (QED) is 0.861. The zero-order chi connectivity index (χ0) is 15.3. The zero-order valence-electron chi connectivity index (χ0n) is 12.8. The summed E-state index contributed by atoms with van der Waals surface area (Å²) in [6.07, 6.45) is 0. The van der Waals surface area contributed by atoms with Crippen molar-refractivity contribution in [1.29, 1.82) is 0 Å². The van der Waals surface area contributed by atoms with Crippen LogP contribution in [0.4, 0.5) is 0 Å². The first kappa shape index (κ1) is 16.3. The van der Waals surface area contributed by atoms with Gasteiger partial charge in [0.15, 0.2) is 0 Å². The molecule has 0 unspecified atom stereocenters. The lowest BCUT2D eigenvalue weighted by Gasteiger charge is -2.26. The molecule has 0 spiro atoms. The van der Waals surface area contributed by atoms with Gasteiger partial charge in [-0.25, -0.2) is 0 Å². The van der Waals surface area contributed by atoms with Crippen LogP contribution in [0.15, 0.2) is 18.2 Å². The van der Waals surface area contributed by atoms with E-state index in [1.807, 2.05) is 39.0 Å². The first-order valence-corrected chi connectivity index (χ1v) is 6.53. The lowest BCUT2D eigenvalue weighted by molar-refractivity contribution is -0.124. The molecule has 1 aromatic carbocycles. The van der Waals surface area contributed by atoms with Gasteiger partial charge in [-0.1, -0.05) is 20.8 Å². The van der Waals surface area contributed by atoms with Crippen LogP contribution in [0.5, 0.6) is 11.5 Å². The summed E-state index contributed by atoms with van der Waals surface area (Å²) in [5.41, 5.74) is 6.49. The van der Waals surface area contributed by atoms with E-state index in [0.29, 0.717) is 12.3 Å². The number of benzene rings is 1. The molecule has 5 heteroatoms. The van der Waals surface area contributed by atoms with Crippen molar-refractivity contribution in [2.75, 3.05) is 14.2 Å². The summed E-state index contributed by atoms with van der Waals surface area (Å²) in [6.45, 7) is 6.15. The summed E-state index contributed by atoms with van der Waals surface area (Å²) in [7, 11) is 3.19. The molecule has 0 aliphatic rings. The Morgan fingerprint density at radius 1 is 1.30 bits per heavy atom. The van der Waals surface area contributed by atoms with Crippen molar-refractivity contribution in [3.8, 4) is 11.5 Å². The van der Waals surface area contributed by atoms with Gasteiger partial charge >= 0.3 is 0 Å². The van der Waals surface area contributed by atoms with E-state index in [4.69, 9.17) is 15.2 Å². The fourth-order valence-corrected chi connectivity index (χ4v) is 1.71. The molecule has 0 saturated carbocycles. The minimum atomic E-state index is -0.556. The molecular formula is C15H24N2O3. The predicted molar refractivity (Wildman–Crippen MR) is 78.8 cm³/mol. The number of amides is 1. The second kappa shape index (κ2) is 6.61. The lowest BCUT2D eigenvalue weighted by atomic mass is 9.87. The van der Waals surface area contributed by atoms with E-state index in [2.05, 4.69) is 5.32 Å². The maximum absolute atomic E-state index is 12.0. The van der Waals surface area contributed by atoms with Gasteiger partial charge in [0.1, 0.15) is 11.5 Å². The van der Waals surface area contributed by atoms with Crippen molar-refractivity contribution in [1.82, 2.24) is 5.32 Å². The molecule has 3 N–H and O–H groups in total. The molecule has 0 aliphatic heterocycles. The second-order valence-corrected chi connectivity index (χ2v) is 5.74. The van der Waals surface area contributed by atoms with Crippen LogP contribution in [0.3, 0.4) is 0 Å². The first-order valence-electron chi connectivity index (χ1n) is 6.53. The van der Waals surface area contributed by atoms with Gasteiger partial charge < -0.3 is 20.5 Å². The molecule has 0 saturated heterocycles. The predicted octanol–water partition coefficient (Wildman–Crippen LogP) is 1.69. The lowest BCUT2D eigenvalue weighted by Crippen LogP contribution is -2.48. The van der Waals surface area contributed by atoms with Crippen LogP contribution in [0, 0.1) is 5.41 Å². The second-order valence-electron chi connectivity index (χ2n) is 5.74. The van der Waals surface area contributed by atoms with Gasteiger partial charge in [-0.15, -0.1) is 0 Å². The monoisotopic (exact) mass is 280 g/mol. The van der Waals surface area contributed by atoms with Crippen LogP contribution < -0.4 is 20.5 Å². The number of nitrogens with one attached hydrogen (secondary N) is 1. The zero-order valence-corrected chi connectivity index (χ0v) is 12.8. The maximum Gasteiger partial charge on any atom is 0.237 e. The van der Waals surface area contributed by atoms with Gasteiger partial charge in [0.25, 0.3) is 0 Å². The molecule has 0 fully saturated rings. The highest BCUT2D eigenvalue weighted by Gasteiger charge is 2.27. The van der Waals surface area contributed by atoms with Crippen LogP contribution in [0.25, 0.3) is 0 Å². The van der Waals surface area contributed by atoms with E-state index in [1.165, 1.54) is 0 Å². The minimum Gasteiger partial charge on any atom is -0.497 e. The molecule has 1 aromatic rings. The molecule has 1 amide bonds. The van der Waals surface area contributed by atoms with Gasteiger partial charge in [0, 0.05) is 12.1 Å². The number of rotatable bonds is 5. The third-order valence-electron chi connectivity index (χ3n) is 3.16. The van der Waals surface area contributed by atoms with Crippen molar-refractivity contribution < 1.29 is 14.3 Å². The van der Waals surface area contributed by atoms with Gasteiger partial charge in [-0.3, -0.25) is 4.79 Å². The van der Waals surface area contributed by atoms with E-state index in [1.54, 1.807) is 14.2 Å². The summed E-state index contributed by atoms with van der Waals surface area (Å²) in [5, 5.41) is 2.83. The number of hydrogen-bond acceptors (Lipinski definition) is 4. The molecule has 0 heterocycles. The average molecular weight is 280 g/mol. The number of hydrogen-bond donors (Lipinski definition) is 2. The highest BCUT2D eigenvalue weighted by molar-refractivity contribution is 5.82. The molecule has 0 radical (unpaired) electrons. The molecule has 112 valence electrons. The van der Waals surface area contributed by atoms with Crippen molar-refractivity contribution in [3.63, 3.8) is 0 Å². The van der Waals surface area contributed by atoms with E-state index in [-0.39, 0.29) is 11.3 Å². The third kappa shape index (κ3) is 4.13. The third-order valence-corrected chi connectivity index (χ3v) is 3.16. The molecule has 0 bridgehead atoms. The Balaban J connectivity index is 2.76. The van der Waals surface area contributed by atoms with E-state index in [9.17, 15) is 4.79 Å². The highest BCUT2D eigenvalue weighted by Crippen LogP contribution is 2.24. The van der Waals surface area contributed by atoms with Gasteiger partial charge in [-0.2, -0.15) is 0 Å². The van der Waals surface area contributed by atoms with E-state index in [0.717, 1.165) is 11.3 Å². The Hall–Kier alpha value is -1.75. The fraction of sp³-hybridized carbons (Fsp3) is 0.533. The summed E-state index contributed by atoms with van der Waals surface area (Å²) in [6, 6.07) is 4.90. The Kier molecular flexibility index (Phi) is 5.39. The smallest absolute Gasteiger partial charge is 0.237 e. The largest absolute Gasteiger partial charge is 0.497 e. The molecule has 1 rings (SSSR count). The minimum absolute atomic E-state index is 0.178. The summed E-state index contributed by atoms with van der Waals surface area (Å²) in [4.78, 5) is 12.0. The fourth-order valence-electron chi connectivity index (χ4n) is 1.71. The van der Waals surface area contributed by atoms with Crippen LogP contribution in [0.1, 0.15) is 26.3 Å². The van der Waals surface area contributed by atoms with Gasteiger partial charge in [-0.05, 0) is 23.6 Å². The number of nitrogens with two attached hydrogens (primary N) is 1. The first-order chi connectivity index (χ1) is 9.29. The number of carbonyl (C=O) groups is 1. The average Bonchev–Trinajstić information content (AvgIpc) is 2.42. The van der Waals surface area contributed by atoms with Crippen LogP contribution in [-0.4, -0.2) is 26.2 Å². The van der Waals surface area contributed by atoms with Crippen molar-refractivity contribution in [2.24, 2.45) is 11.1 Å². The normalized spacial score (nSPS) is 12.7. The van der Waals surface area contributed by atoms with Crippen molar-refractivity contribution in [2.45, 2.75) is 33.4 Å². The van der Waals surface area contributed by atoms with E-state index < -0.39 is 6.04 Å². The topological polar surface area (TPSA) is 73.6 Å². The standard InChI is InChI=1S/C15H24N2O3/c1-15(2,3)13(16)14(18)17-9-10-8-11(19-4)6-7-12(10)20-5/h6-8,13H,9,16H2,1-5H3,(H,17,18)/t13-/m0/s1. The van der Waals surface area contributed by atoms with Gasteiger partial charge in [0.05, 0.1) is 20.3 Å². The highest BCUT2D eigenvalue weighted by atomic mass is 16.5. The molecule has 0 aromatic heterocycles. The Labute approximate surface area is 120 Å². The molecular weight excluding hydrogens is 256 g/mol. The Morgan fingerprint density at radius 3 is 2.45 bits per heavy atom. The van der Waals surface area contributed by atoms with Gasteiger partial charge in [0.2, 0.25) is 5.91 Å². The van der Waals surface area contributed by atoms with Crippen molar-refractivity contribution >= 4 is 5.91 Å². The van der Waals surface area contributed by atoms with E-state index >= 15 is 0 Å². The molecule has 5 nitrogen and oxygen atoms in total. The number of ether oxygens (including phenoxy) is 2. The van der Waals surface area contributed by atoms with Crippen molar-refractivity contribution in [3.05, 3.63) is 23.8 Å². The number of carbonyl (C=O) groups excluding carboxylic acids is 1. The maximum atomic E-state index is 12.0. The molecule has 0 aliphatic carbocycles. The van der Waals surface area contributed by atoms with Crippen LogP contribution in [-0.2, 0) is 11.3 Å². The van der Waals surface area contributed by atoms with Crippen LogP contribution >= 0.6 is 0 Å².